The largest absolute Gasteiger partial charge is 0.472 e. The lowest BCUT2D eigenvalue weighted by molar-refractivity contribution is 0.145. The summed E-state index contributed by atoms with van der Waals surface area (Å²) in [4.78, 5) is 10.4. The third-order valence-electron chi connectivity index (χ3n) is 4.29. The summed E-state index contributed by atoms with van der Waals surface area (Å²) in [6.45, 7) is 5.61. The van der Waals surface area contributed by atoms with Crippen molar-refractivity contribution in [2.45, 2.75) is 45.4 Å². The van der Waals surface area contributed by atoms with Crippen molar-refractivity contribution in [1.82, 2.24) is 9.97 Å². The van der Waals surface area contributed by atoms with Gasteiger partial charge in [0.25, 0.3) is 5.88 Å². The van der Waals surface area contributed by atoms with Gasteiger partial charge in [-0.15, -0.1) is 0 Å². The molecule has 7 heteroatoms. The summed E-state index contributed by atoms with van der Waals surface area (Å²) in [6.07, 6.45) is 4.23. The van der Waals surface area contributed by atoms with E-state index in [2.05, 4.69) is 15.3 Å². The van der Waals surface area contributed by atoms with Gasteiger partial charge in [-0.2, -0.15) is 0 Å². The number of hydrogen-bond acceptors (Lipinski definition) is 6. The summed E-state index contributed by atoms with van der Waals surface area (Å²) in [7, 11) is 0. The first-order chi connectivity index (χ1) is 12.5. The lowest BCUT2D eigenvalue weighted by Gasteiger charge is -2.31. The fourth-order valence-electron chi connectivity index (χ4n) is 2.97. The van der Waals surface area contributed by atoms with Crippen LogP contribution in [0.2, 0.25) is 0 Å². The Bertz CT molecular complexity index is 733. The molecule has 0 spiro atoms. The molecular weight excluding hydrogens is 335 g/mol. The van der Waals surface area contributed by atoms with Crippen LogP contribution in [0.15, 0.2) is 30.6 Å². The highest BCUT2D eigenvalue weighted by atomic mass is 19.1. The van der Waals surface area contributed by atoms with Crippen LogP contribution in [0.1, 0.15) is 32.3 Å². The molecule has 26 heavy (non-hydrogen) atoms. The predicted molar refractivity (Wildman–Crippen MR) is 99.0 cm³/mol. The highest BCUT2D eigenvalue weighted by molar-refractivity contribution is 5.51. The summed E-state index contributed by atoms with van der Waals surface area (Å²) >= 11 is 0. The van der Waals surface area contributed by atoms with Crippen molar-refractivity contribution in [2.24, 2.45) is 0 Å². The molecule has 0 atom stereocenters. The van der Waals surface area contributed by atoms with Gasteiger partial charge in [-0.25, -0.2) is 14.4 Å². The molecule has 1 aromatic carbocycles. The number of anilines is 2. The number of halogens is 1. The van der Waals surface area contributed by atoms with Crippen LogP contribution < -0.4 is 15.0 Å². The van der Waals surface area contributed by atoms with Crippen molar-refractivity contribution >= 4 is 11.5 Å². The van der Waals surface area contributed by atoms with Crippen LogP contribution in [0, 0.1) is 5.82 Å². The van der Waals surface area contributed by atoms with Crippen LogP contribution in [0.3, 0.4) is 0 Å². The van der Waals surface area contributed by atoms with Gasteiger partial charge in [0.15, 0.2) is 5.82 Å². The lowest BCUT2D eigenvalue weighted by atomic mass is 10.1. The zero-order valence-corrected chi connectivity index (χ0v) is 15.2. The average Bonchev–Trinajstić information content (AvgIpc) is 2.62. The van der Waals surface area contributed by atoms with E-state index in [1.54, 1.807) is 18.5 Å². The fraction of sp³-hybridized carbons (Fsp3) is 0.474. The zero-order chi connectivity index (χ0) is 18.5. The van der Waals surface area contributed by atoms with E-state index in [1.807, 2.05) is 24.8 Å². The van der Waals surface area contributed by atoms with Gasteiger partial charge in [-0.1, -0.05) is 6.07 Å². The summed E-state index contributed by atoms with van der Waals surface area (Å²) in [6, 6.07) is 5.23. The van der Waals surface area contributed by atoms with Crippen LogP contribution >= 0.6 is 0 Å². The first-order valence-corrected chi connectivity index (χ1v) is 8.96. The van der Waals surface area contributed by atoms with E-state index < -0.39 is 0 Å². The van der Waals surface area contributed by atoms with Gasteiger partial charge < -0.3 is 20.1 Å². The molecule has 0 unspecified atom stereocenters. The zero-order valence-electron chi connectivity index (χ0n) is 15.2. The molecule has 0 aliphatic carbocycles. The van der Waals surface area contributed by atoms with E-state index in [0.717, 1.165) is 5.56 Å². The van der Waals surface area contributed by atoms with Gasteiger partial charge in [0.05, 0.1) is 17.9 Å². The van der Waals surface area contributed by atoms with Crippen LogP contribution in [0.5, 0.6) is 5.88 Å². The summed E-state index contributed by atoms with van der Waals surface area (Å²) in [5.74, 6) is 0.723. The molecule has 3 rings (SSSR count). The first-order valence-electron chi connectivity index (χ1n) is 8.96. The van der Waals surface area contributed by atoms with E-state index in [1.165, 1.54) is 6.07 Å². The summed E-state index contributed by atoms with van der Waals surface area (Å²) < 4.78 is 20.2. The topological polar surface area (TPSA) is 70.5 Å². The molecule has 6 nitrogen and oxygen atoms in total. The van der Waals surface area contributed by atoms with Crippen LogP contribution in [0.4, 0.5) is 15.9 Å². The third-order valence-corrected chi connectivity index (χ3v) is 4.29. The molecule has 2 N–H and O–H groups in total. The van der Waals surface area contributed by atoms with Crippen molar-refractivity contribution in [3.8, 4) is 5.88 Å². The van der Waals surface area contributed by atoms with Gasteiger partial charge in [0.1, 0.15) is 5.82 Å². The molecule has 0 amide bonds. The lowest BCUT2D eigenvalue weighted by Crippen LogP contribution is -2.36. The van der Waals surface area contributed by atoms with Gasteiger partial charge in [-0.05, 0) is 44.4 Å². The number of rotatable bonds is 6. The Morgan fingerprint density at radius 3 is 2.69 bits per heavy atom. The van der Waals surface area contributed by atoms with E-state index in [9.17, 15) is 9.50 Å². The minimum atomic E-state index is -0.271. The Labute approximate surface area is 153 Å². The maximum atomic E-state index is 14.5. The molecule has 0 bridgehead atoms. The Balaban J connectivity index is 1.65. The molecule has 1 aromatic heterocycles. The Morgan fingerprint density at radius 1 is 1.27 bits per heavy atom. The molecule has 2 heterocycles. The van der Waals surface area contributed by atoms with Crippen LogP contribution in [-0.2, 0) is 6.54 Å². The number of piperidine rings is 1. The minimum absolute atomic E-state index is 0.00737. The summed E-state index contributed by atoms with van der Waals surface area (Å²) in [5, 5.41) is 12.7. The number of aromatic nitrogens is 2. The molecule has 0 radical (unpaired) electrons. The van der Waals surface area contributed by atoms with Crippen LogP contribution in [-0.4, -0.2) is 40.4 Å². The molecule has 140 valence electrons. The van der Waals surface area contributed by atoms with Gasteiger partial charge in [0, 0.05) is 32.0 Å². The van der Waals surface area contributed by atoms with Crippen molar-refractivity contribution < 1.29 is 14.2 Å². The quantitative estimate of drug-likeness (QED) is 0.825. The Hall–Kier alpha value is -2.41. The van der Waals surface area contributed by atoms with Crippen molar-refractivity contribution in [2.75, 3.05) is 23.3 Å². The summed E-state index contributed by atoms with van der Waals surface area (Å²) in [5.41, 5.74) is 1.40. The van der Waals surface area contributed by atoms with Crippen molar-refractivity contribution in [3.63, 3.8) is 0 Å². The second-order valence-electron chi connectivity index (χ2n) is 6.73. The van der Waals surface area contributed by atoms with E-state index >= 15 is 0 Å². The SMILES string of the molecule is CC(C)Oc1nccnc1NCc1ccc(N2CCC(O)CC2)c(F)c1. The van der Waals surface area contributed by atoms with E-state index in [4.69, 9.17) is 4.74 Å². The molecule has 1 saturated heterocycles. The van der Waals surface area contributed by atoms with Gasteiger partial charge >= 0.3 is 0 Å². The maximum absolute atomic E-state index is 14.5. The second kappa shape index (κ2) is 8.31. The van der Waals surface area contributed by atoms with Crippen molar-refractivity contribution in [3.05, 3.63) is 42.0 Å². The highest BCUT2D eigenvalue weighted by Crippen LogP contribution is 2.25. The minimum Gasteiger partial charge on any atom is -0.472 e. The van der Waals surface area contributed by atoms with Gasteiger partial charge in [-0.3, -0.25) is 0 Å². The average molecular weight is 360 g/mol. The fourth-order valence-corrected chi connectivity index (χ4v) is 2.97. The number of nitrogens with one attached hydrogen (secondary N) is 1. The molecule has 1 aliphatic heterocycles. The number of aliphatic hydroxyl groups excluding tert-OH is 1. The molecule has 0 saturated carbocycles. The number of benzene rings is 1. The maximum Gasteiger partial charge on any atom is 0.257 e. The number of hydrogen-bond donors (Lipinski definition) is 2. The first kappa shape index (κ1) is 18.4. The van der Waals surface area contributed by atoms with Crippen molar-refractivity contribution in [1.29, 1.82) is 0 Å². The molecular formula is C19H25FN4O2. The molecule has 1 fully saturated rings. The molecule has 1 aliphatic rings. The predicted octanol–water partition coefficient (Wildman–Crippen LogP) is 2.98. The highest BCUT2D eigenvalue weighted by Gasteiger charge is 2.19. The molecule has 2 aromatic rings. The third kappa shape index (κ3) is 4.60. The monoisotopic (exact) mass is 360 g/mol. The van der Waals surface area contributed by atoms with Crippen LogP contribution in [0.25, 0.3) is 0 Å². The van der Waals surface area contributed by atoms with E-state index in [-0.39, 0.29) is 18.0 Å². The van der Waals surface area contributed by atoms with Gasteiger partial charge in [0.2, 0.25) is 0 Å². The standard InChI is InChI=1S/C19H25FN4O2/c1-13(2)26-19-18(21-7-8-22-19)23-12-14-3-4-17(16(20)11-14)24-9-5-15(25)6-10-24/h3-4,7-8,11,13,15,25H,5-6,9-10,12H2,1-2H3,(H,21,23). The number of aliphatic hydroxyl groups is 1. The number of ether oxygens (including phenoxy) is 1. The Morgan fingerprint density at radius 2 is 2.00 bits per heavy atom. The smallest absolute Gasteiger partial charge is 0.257 e. The Kier molecular flexibility index (Phi) is 5.88. The second-order valence-corrected chi connectivity index (χ2v) is 6.73. The van der Waals surface area contributed by atoms with E-state index in [0.29, 0.717) is 49.9 Å². The normalized spacial score (nSPS) is 15.3. The number of nitrogens with zero attached hydrogens (tertiary/aromatic N) is 3.